The number of benzene rings is 2. The van der Waals surface area contributed by atoms with Crippen LogP contribution in [0.2, 0.25) is 5.02 Å². The number of halogens is 2. The molecule has 2 N–H and O–H groups in total. The zero-order valence-electron chi connectivity index (χ0n) is 23.1. The summed E-state index contributed by atoms with van der Waals surface area (Å²) in [6.45, 7) is 10.6. The molecule has 41 heavy (non-hydrogen) atoms. The lowest BCUT2D eigenvalue weighted by atomic mass is 10.0. The maximum absolute atomic E-state index is 14.8. The Kier molecular flexibility index (Phi) is 8.87. The summed E-state index contributed by atoms with van der Waals surface area (Å²) >= 11 is 6.04. The van der Waals surface area contributed by atoms with Crippen LogP contribution in [0.15, 0.2) is 55.4 Å². The van der Waals surface area contributed by atoms with Crippen molar-refractivity contribution in [3.8, 4) is 5.75 Å². The van der Waals surface area contributed by atoms with Gasteiger partial charge >= 0.3 is 0 Å². The molecular weight excluding hydrogens is 549 g/mol. The summed E-state index contributed by atoms with van der Waals surface area (Å²) in [6, 6.07) is 9.96. The number of hydrogen-bond donors (Lipinski definition) is 2. The molecule has 0 spiro atoms. The van der Waals surface area contributed by atoms with Crippen LogP contribution in [0.4, 0.5) is 33.1 Å². The smallest absolute Gasteiger partial charge is 0.247 e. The molecular formula is C29H33ClFN7O3. The molecule has 0 bridgehead atoms. The monoisotopic (exact) mass is 581 g/mol. The summed E-state index contributed by atoms with van der Waals surface area (Å²) < 4.78 is 20.6. The number of hydroxylamine groups is 1. The van der Waals surface area contributed by atoms with Crippen LogP contribution in [0.1, 0.15) is 24.9 Å². The van der Waals surface area contributed by atoms with Gasteiger partial charge in [-0.1, -0.05) is 37.2 Å². The molecule has 1 aromatic heterocycles. The molecule has 3 heterocycles. The van der Waals surface area contributed by atoms with Gasteiger partial charge in [-0.3, -0.25) is 9.63 Å². The normalized spacial score (nSPS) is 17.4. The molecule has 1 unspecified atom stereocenters. The number of ether oxygens (including phenoxy) is 1. The molecule has 2 aromatic carbocycles. The predicted molar refractivity (Wildman–Crippen MR) is 159 cm³/mol. The molecule has 216 valence electrons. The number of nitrogens with zero attached hydrogens (tertiary/aromatic N) is 5. The number of anilines is 5. The minimum absolute atomic E-state index is 0.0570. The zero-order valence-corrected chi connectivity index (χ0v) is 23.8. The molecule has 2 saturated heterocycles. The third kappa shape index (κ3) is 6.22. The van der Waals surface area contributed by atoms with E-state index in [1.807, 2.05) is 12.1 Å². The first-order valence-corrected chi connectivity index (χ1v) is 13.9. The fourth-order valence-electron chi connectivity index (χ4n) is 5.12. The summed E-state index contributed by atoms with van der Waals surface area (Å²) in [7, 11) is 1.59. The number of carbonyl (C=O) groups is 1. The van der Waals surface area contributed by atoms with E-state index in [4.69, 9.17) is 21.2 Å². The highest BCUT2D eigenvalue weighted by atomic mass is 35.5. The van der Waals surface area contributed by atoms with E-state index in [2.05, 4.69) is 43.9 Å². The van der Waals surface area contributed by atoms with Crippen molar-refractivity contribution >= 4 is 46.2 Å². The van der Waals surface area contributed by atoms with Crippen LogP contribution < -0.4 is 25.3 Å². The largest absolute Gasteiger partial charge is 0.494 e. The summed E-state index contributed by atoms with van der Waals surface area (Å²) in [6.07, 6.45) is 3.21. The Balaban J connectivity index is 1.44. The van der Waals surface area contributed by atoms with Crippen LogP contribution in [0.25, 0.3) is 0 Å². The van der Waals surface area contributed by atoms with Gasteiger partial charge in [0.05, 0.1) is 41.8 Å². The van der Waals surface area contributed by atoms with E-state index < -0.39 is 11.9 Å². The van der Waals surface area contributed by atoms with E-state index in [9.17, 15) is 9.18 Å². The van der Waals surface area contributed by atoms with Crippen LogP contribution in [0, 0.1) is 5.82 Å². The molecule has 5 rings (SSSR count). The SMILES string of the molecule is C=CC(=O)Nc1cc(Nc2cc(N3OCCC3c3cccc(Cl)c3F)ncn2)c(OC)cc1N1CCN(CC)CC1. The van der Waals surface area contributed by atoms with E-state index >= 15 is 0 Å². The van der Waals surface area contributed by atoms with Gasteiger partial charge in [-0.25, -0.2) is 19.4 Å². The second-order valence-corrected chi connectivity index (χ2v) is 10.1. The first kappa shape index (κ1) is 28.6. The zero-order chi connectivity index (χ0) is 28.9. The van der Waals surface area contributed by atoms with Gasteiger partial charge in [-0.15, -0.1) is 0 Å². The van der Waals surface area contributed by atoms with Crippen molar-refractivity contribution in [2.24, 2.45) is 0 Å². The van der Waals surface area contributed by atoms with Crippen molar-refractivity contribution < 1.29 is 18.8 Å². The highest BCUT2D eigenvalue weighted by molar-refractivity contribution is 6.30. The number of likely N-dealkylation sites (N-methyl/N-ethyl adjacent to an activating group) is 1. The van der Waals surface area contributed by atoms with E-state index in [-0.39, 0.29) is 10.9 Å². The van der Waals surface area contributed by atoms with Gasteiger partial charge in [0, 0.05) is 50.3 Å². The molecule has 0 saturated carbocycles. The lowest BCUT2D eigenvalue weighted by Gasteiger charge is -2.36. The Hall–Kier alpha value is -3.93. The summed E-state index contributed by atoms with van der Waals surface area (Å²) in [5.74, 6) is 0.695. The first-order chi connectivity index (χ1) is 19.9. The highest BCUT2D eigenvalue weighted by Gasteiger charge is 2.32. The first-order valence-electron chi connectivity index (χ1n) is 13.5. The maximum atomic E-state index is 14.8. The molecule has 3 aromatic rings. The average molecular weight is 582 g/mol. The van der Waals surface area contributed by atoms with E-state index in [0.717, 1.165) is 38.4 Å². The Labute approximate surface area is 243 Å². The molecule has 0 radical (unpaired) electrons. The lowest BCUT2D eigenvalue weighted by Crippen LogP contribution is -2.46. The number of aromatic nitrogens is 2. The Bertz CT molecular complexity index is 1420. The van der Waals surface area contributed by atoms with E-state index in [1.54, 1.807) is 30.4 Å². The lowest BCUT2D eigenvalue weighted by molar-refractivity contribution is -0.111. The standard InChI is InChI=1S/C29H33ClFN7O3/c1-4-28(39)35-21-15-22(25(40-3)16-24(21)37-12-10-36(5-2)11-13-37)34-26-17-27(33-18-32-26)38-23(9-14-41-38)19-7-6-8-20(30)29(19)31/h4,6-8,15-18,23H,1,5,9-14H2,2-3H3,(H,35,39)(H,32,33,34). The third-order valence-corrected chi connectivity index (χ3v) is 7.60. The van der Waals surface area contributed by atoms with E-state index in [0.29, 0.717) is 47.4 Å². The van der Waals surface area contributed by atoms with Crippen LogP contribution in [-0.2, 0) is 9.63 Å². The molecule has 2 aliphatic rings. The van der Waals surface area contributed by atoms with Gasteiger partial charge in [-0.2, -0.15) is 0 Å². The molecule has 2 aliphatic heterocycles. The van der Waals surface area contributed by atoms with Crippen molar-refractivity contribution in [3.63, 3.8) is 0 Å². The van der Waals surface area contributed by atoms with Gasteiger partial charge in [0.15, 0.2) is 5.82 Å². The van der Waals surface area contributed by atoms with E-state index in [1.165, 1.54) is 18.5 Å². The fraction of sp³-hybridized carbons (Fsp3) is 0.345. The van der Waals surface area contributed by atoms with Crippen molar-refractivity contribution in [2.45, 2.75) is 19.4 Å². The van der Waals surface area contributed by atoms with Crippen molar-refractivity contribution in [1.82, 2.24) is 14.9 Å². The topological polar surface area (TPSA) is 95.1 Å². The summed E-state index contributed by atoms with van der Waals surface area (Å²) in [5.41, 5.74) is 2.50. The highest BCUT2D eigenvalue weighted by Crippen LogP contribution is 2.40. The number of nitrogens with one attached hydrogen (secondary N) is 2. The van der Waals surface area contributed by atoms with Crippen LogP contribution in [0.3, 0.4) is 0 Å². The third-order valence-electron chi connectivity index (χ3n) is 7.31. The van der Waals surface area contributed by atoms with Gasteiger partial charge in [-0.05, 0) is 24.8 Å². The van der Waals surface area contributed by atoms with Crippen LogP contribution in [-0.4, -0.2) is 67.2 Å². The molecule has 1 amide bonds. The Morgan fingerprint density at radius 1 is 1.22 bits per heavy atom. The van der Waals surface area contributed by atoms with Crippen molar-refractivity contribution in [1.29, 1.82) is 0 Å². The Morgan fingerprint density at radius 2 is 2.02 bits per heavy atom. The molecule has 1 atom stereocenters. The molecule has 12 heteroatoms. The van der Waals surface area contributed by atoms with Crippen LogP contribution in [0.5, 0.6) is 5.75 Å². The molecule has 2 fully saturated rings. The van der Waals surface area contributed by atoms with Crippen LogP contribution >= 0.6 is 11.6 Å². The summed E-state index contributed by atoms with van der Waals surface area (Å²) in [4.78, 5) is 31.5. The number of methoxy groups -OCH3 is 1. The molecule has 10 nitrogen and oxygen atoms in total. The minimum Gasteiger partial charge on any atom is -0.494 e. The van der Waals surface area contributed by atoms with Crippen molar-refractivity contribution in [3.05, 3.63) is 71.8 Å². The fourth-order valence-corrected chi connectivity index (χ4v) is 5.30. The summed E-state index contributed by atoms with van der Waals surface area (Å²) in [5, 5.41) is 7.85. The average Bonchev–Trinajstić information content (AvgIpc) is 3.49. The van der Waals surface area contributed by atoms with Gasteiger partial charge in [0.25, 0.3) is 0 Å². The second kappa shape index (κ2) is 12.7. The number of carbonyl (C=O) groups excluding carboxylic acids is 1. The van der Waals surface area contributed by atoms with Gasteiger partial charge < -0.3 is 25.2 Å². The number of rotatable bonds is 9. The molecule has 0 aliphatic carbocycles. The Morgan fingerprint density at radius 3 is 2.76 bits per heavy atom. The number of amides is 1. The van der Waals surface area contributed by atoms with Gasteiger partial charge in [0.1, 0.15) is 23.7 Å². The maximum Gasteiger partial charge on any atom is 0.247 e. The predicted octanol–water partition coefficient (Wildman–Crippen LogP) is 5.17. The van der Waals surface area contributed by atoms with Crippen molar-refractivity contribution in [2.75, 3.05) is 67.0 Å². The quantitative estimate of drug-likeness (QED) is 0.332. The minimum atomic E-state index is -0.475. The number of hydrogen-bond acceptors (Lipinski definition) is 9. The number of piperazine rings is 1. The van der Waals surface area contributed by atoms with Gasteiger partial charge in [0.2, 0.25) is 5.91 Å². The second-order valence-electron chi connectivity index (χ2n) is 9.68.